The van der Waals surface area contributed by atoms with E-state index in [9.17, 15) is 0 Å². The van der Waals surface area contributed by atoms with Crippen LogP contribution >= 0.6 is 0 Å². The van der Waals surface area contributed by atoms with E-state index in [0.29, 0.717) is 5.92 Å². The second-order valence-electron chi connectivity index (χ2n) is 4.69. The average molecular weight is 183 g/mol. The fourth-order valence-electron chi connectivity index (χ4n) is 2.44. The maximum absolute atomic E-state index is 9.08. The monoisotopic (exact) mass is 183 g/mol. The molecule has 2 atom stereocenters. The van der Waals surface area contributed by atoms with E-state index in [-0.39, 0.29) is 18.1 Å². The molecule has 0 saturated heterocycles. The minimum atomic E-state index is -0.0745. The van der Waals surface area contributed by atoms with E-state index >= 15 is 0 Å². The van der Waals surface area contributed by atoms with Crippen LogP contribution in [0.1, 0.15) is 33.1 Å². The molecule has 2 rings (SSSR count). The Kier molecular flexibility index (Phi) is 2.06. The molecule has 0 radical (unpaired) electrons. The zero-order valence-electron chi connectivity index (χ0n) is 8.29. The van der Waals surface area contributed by atoms with Crippen LogP contribution in [0.4, 0.5) is 0 Å². The van der Waals surface area contributed by atoms with Crippen molar-refractivity contribution in [1.29, 1.82) is 0 Å². The van der Waals surface area contributed by atoms with Gasteiger partial charge in [0.05, 0.1) is 12.3 Å². The second-order valence-corrected chi connectivity index (χ2v) is 4.69. The number of fused-ring (bicyclic) bond motifs is 1. The predicted octanol–water partition coefficient (Wildman–Crippen LogP) is 1.56. The van der Waals surface area contributed by atoms with Crippen molar-refractivity contribution in [1.82, 2.24) is 0 Å². The van der Waals surface area contributed by atoms with E-state index in [4.69, 9.17) is 9.94 Å². The molecule has 0 aromatic carbocycles. The van der Waals surface area contributed by atoms with E-state index in [0.717, 1.165) is 12.1 Å². The molecule has 1 aliphatic heterocycles. The molecule has 1 N–H and O–H groups in total. The normalized spacial score (nSPS) is 36.4. The molecule has 3 heteroatoms. The lowest BCUT2D eigenvalue weighted by Crippen LogP contribution is -2.38. The number of rotatable bonds is 1. The lowest BCUT2D eigenvalue weighted by molar-refractivity contribution is 0.0151. The molecule has 0 spiro atoms. The number of aliphatic hydroxyl groups is 1. The summed E-state index contributed by atoms with van der Waals surface area (Å²) in [5, 5.41) is 13.2. The average Bonchev–Trinajstić information content (AvgIpc) is 2.48. The summed E-state index contributed by atoms with van der Waals surface area (Å²) in [4.78, 5) is 5.22. The molecule has 2 aliphatic rings. The number of oxime groups is 1. The van der Waals surface area contributed by atoms with Gasteiger partial charge in [0, 0.05) is 11.3 Å². The molecule has 1 saturated carbocycles. The molecule has 1 heterocycles. The number of aliphatic hydroxyl groups excluding tert-OH is 1. The van der Waals surface area contributed by atoms with Crippen molar-refractivity contribution in [3.05, 3.63) is 0 Å². The summed E-state index contributed by atoms with van der Waals surface area (Å²) in [6.07, 6.45) is 3.45. The molecule has 1 fully saturated rings. The number of hydrogen-bond acceptors (Lipinski definition) is 3. The van der Waals surface area contributed by atoms with E-state index in [1.165, 1.54) is 12.8 Å². The Labute approximate surface area is 78.8 Å². The molecule has 3 nitrogen and oxygen atoms in total. The standard InChI is InChI=1S/C10H17NO2/c1-10(2)5-3-4-7-8(6-12)13-11-9(7)10/h7-8,12H,3-6H2,1-2H3. The van der Waals surface area contributed by atoms with Crippen molar-refractivity contribution in [3.8, 4) is 0 Å². The van der Waals surface area contributed by atoms with Crippen LogP contribution in [0.2, 0.25) is 0 Å². The van der Waals surface area contributed by atoms with Crippen molar-refractivity contribution in [3.63, 3.8) is 0 Å². The van der Waals surface area contributed by atoms with Gasteiger partial charge >= 0.3 is 0 Å². The van der Waals surface area contributed by atoms with Crippen LogP contribution < -0.4 is 0 Å². The summed E-state index contributed by atoms with van der Waals surface area (Å²) in [5.74, 6) is 0.369. The largest absolute Gasteiger partial charge is 0.392 e. The first-order valence-corrected chi connectivity index (χ1v) is 5.00. The SMILES string of the molecule is CC1(C)CCCC2C1=NOC2CO. The Morgan fingerprint density at radius 2 is 2.38 bits per heavy atom. The van der Waals surface area contributed by atoms with Gasteiger partial charge in [-0.3, -0.25) is 0 Å². The molecular formula is C10H17NO2. The minimum absolute atomic E-state index is 0.0745. The van der Waals surface area contributed by atoms with Gasteiger partial charge in [-0.2, -0.15) is 0 Å². The maximum Gasteiger partial charge on any atom is 0.158 e. The topological polar surface area (TPSA) is 41.8 Å². The summed E-state index contributed by atoms with van der Waals surface area (Å²) < 4.78 is 0. The Bertz CT molecular complexity index is 235. The van der Waals surface area contributed by atoms with Gasteiger partial charge in [0.25, 0.3) is 0 Å². The molecule has 74 valence electrons. The molecule has 0 aromatic rings. The first kappa shape index (κ1) is 9.00. The zero-order valence-corrected chi connectivity index (χ0v) is 8.29. The lowest BCUT2D eigenvalue weighted by Gasteiger charge is -2.33. The molecular weight excluding hydrogens is 166 g/mol. The minimum Gasteiger partial charge on any atom is -0.392 e. The predicted molar refractivity (Wildman–Crippen MR) is 50.5 cm³/mol. The molecule has 0 aromatic heterocycles. The van der Waals surface area contributed by atoms with Crippen LogP contribution in [0.15, 0.2) is 5.16 Å². The molecule has 13 heavy (non-hydrogen) atoms. The van der Waals surface area contributed by atoms with Gasteiger partial charge in [0.2, 0.25) is 0 Å². The van der Waals surface area contributed by atoms with Crippen molar-refractivity contribution in [2.75, 3.05) is 6.61 Å². The van der Waals surface area contributed by atoms with Gasteiger partial charge < -0.3 is 9.94 Å². The van der Waals surface area contributed by atoms with E-state index in [2.05, 4.69) is 19.0 Å². The van der Waals surface area contributed by atoms with Crippen molar-refractivity contribution >= 4 is 5.71 Å². The van der Waals surface area contributed by atoms with Crippen LogP contribution in [-0.4, -0.2) is 23.5 Å². The van der Waals surface area contributed by atoms with Crippen LogP contribution in [0.25, 0.3) is 0 Å². The maximum atomic E-state index is 9.08. The van der Waals surface area contributed by atoms with Crippen molar-refractivity contribution in [2.24, 2.45) is 16.5 Å². The number of hydrogen-bond donors (Lipinski definition) is 1. The van der Waals surface area contributed by atoms with Crippen LogP contribution in [0.5, 0.6) is 0 Å². The first-order valence-electron chi connectivity index (χ1n) is 5.00. The summed E-state index contributed by atoms with van der Waals surface area (Å²) in [7, 11) is 0. The smallest absolute Gasteiger partial charge is 0.158 e. The number of nitrogens with zero attached hydrogens (tertiary/aromatic N) is 1. The van der Waals surface area contributed by atoms with Crippen LogP contribution in [-0.2, 0) is 4.84 Å². The molecule has 1 aliphatic carbocycles. The third kappa shape index (κ3) is 1.35. The van der Waals surface area contributed by atoms with Crippen molar-refractivity contribution < 1.29 is 9.94 Å². The summed E-state index contributed by atoms with van der Waals surface area (Å²) in [6, 6.07) is 0. The third-order valence-corrected chi connectivity index (χ3v) is 3.28. The third-order valence-electron chi connectivity index (χ3n) is 3.28. The fourth-order valence-corrected chi connectivity index (χ4v) is 2.44. The highest BCUT2D eigenvalue weighted by molar-refractivity contribution is 5.93. The van der Waals surface area contributed by atoms with Gasteiger partial charge in [0.1, 0.15) is 0 Å². The lowest BCUT2D eigenvalue weighted by atomic mass is 9.69. The fraction of sp³-hybridized carbons (Fsp3) is 0.900. The molecule has 0 bridgehead atoms. The highest BCUT2D eigenvalue weighted by Crippen LogP contribution is 2.41. The Hall–Kier alpha value is -0.570. The van der Waals surface area contributed by atoms with E-state index < -0.39 is 0 Å². The highest BCUT2D eigenvalue weighted by atomic mass is 16.6. The van der Waals surface area contributed by atoms with Crippen LogP contribution in [0, 0.1) is 11.3 Å². The first-order chi connectivity index (χ1) is 6.15. The van der Waals surface area contributed by atoms with E-state index in [1.54, 1.807) is 0 Å². The quantitative estimate of drug-likeness (QED) is 0.670. The van der Waals surface area contributed by atoms with Gasteiger partial charge in [-0.15, -0.1) is 0 Å². The molecule has 2 unspecified atom stereocenters. The molecule has 0 amide bonds. The Morgan fingerprint density at radius 1 is 1.62 bits per heavy atom. The summed E-state index contributed by atoms with van der Waals surface area (Å²) in [6.45, 7) is 4.51. The van der Waals surface area contributed by atoms with Crippen LogP contribution in [0.3, 0.4) is 0 Å². The Morgan fingerprint density at radius 3 is 3.08 bits per heavy atom. The second kappa shape index (κ2) is 2.98. The van der Waals surface area contributed by atoms with Gasteiger partial charge in [-0.25, -0.2) is 0 Å². The van der Waals surface area contributed by atoms with E-state index in [1.807, 2.05) is 0 Å². The Balaban J connectivity index is 2.19. The highest BCUT2D eigenvalue weighted by Gasteiger charge is 2.43. The summed E-state index contributed by atoms with van der Waals surface area (Å²) in [5.41, 5.74) is 1.34. The van der Waals surface area contributed by atoms with Gasteiger partial charge in [-0.05, 0) is 12.8 Å². The zero-order chi connectivity index (χ0) is 9.47. The summed E-state index contributed by atoms with van der Waals surface area (Å²) >= 11 is 0. The van der Waals surface area contributed by atoms with Crippen molar-refractivity contribution in [2.45, 2.75) is 39.2 Å². The van der Waals surface area contributed by atoms with Gasteiger partial charge in [-0.1, -0.05) is 25.4 Å². The van der Waals surface area contributed by atoms with Gasteiger partial charge in [0.15, 0.2) is 6.10 Å².